The van der Waals surface area contributed by atoms with Gasteiger partial charge in [0.25, 0.3) is 5.91 Å². The van der Waals surface area contributed by atoms with Crippen LogP contribution in [0.3, 0.4) is 0 Å². The maximum atomic E-state index is 12.2. The Balaban J connectivity index is 1.71. The summed E-state index contributed by atoms with van der Waals surface area (Å²) in [4.78, 5) is 16.6. The SMILES string of the molecule is C=C1CCC(NC(=O)c2nc3ccccc3s2)CC1. The van der Waals surface area contributed by atoms with E-state index >= 15 is 0 Å². The summed E-state index contributed by atoms with van der Waals surface area (Å²) in [6.45, 7) is 3.99. The minimum Gasteiger partial charge on any atom is -0.347 e. The lowest BCUT2D eigenvalue weighted by Gasteiger charge is -2.23. The largest absolute Gasteiger partial charge is 0.347 e. The quantitative estimate of drug-likeness (QED) is 0.850. The van der Waals surface area contributed by atoms with Crippen molar-refractivity contribution in [1.82, 2.24) is 10.3 Å². The molecular weight excluding hydrogens is 256 g/mol. The molecule has 4 heteroatoms. The molecule has 0 bridgehead atoms. The van der Waals surface area contributed by atoms with Crippen molar-refractivity contribution in [2.75, 3.05) is 0 Å². The topological polar surface area (TPSA) is 42.0 Å². The molecule has 0 aliphatic heterocycles. The van der Waals surface area contributed by atoms with Crippen molar-refractivity contribution in [3.8, 4) is 0 Å². The molecule has 1 aliphatic rings. The molecule has 3 rings (SSSR count). The molecule has 1 N–H and O–H groups in total. The predicted molar refractivity (Wildman–Crippen MR) is 78.5 cm³/mol. The molecule has 1 fully saturated rings. The van der Waals surface area contributed by atoms with E-state index in [9.17, 15) is 4.79 Å². The second-order valence-corrected chi connectivity index (χ2v) is 6.02. The van der Waals surface area contributed by atoms with Gasteiger partial charge in [-0.05, 0) is 37.8 Å². The van der Waals surface area contributed by atoms with Crippen LogP contribution in [0.15, 0.2) is 36.4 Å². The summed E-state index contributed by atoms with van der Waals surface area (Å²) >= 11 is 1.45. The highest BCUT2D eigenvalue weighted by atomic mass is 32.1. The summed E-state index contributed by atoms with van der Waals surface area (Å²) in [5, 5.41) is 3.65. The van der Waals surface area contributed by atoms with Crippen LogP contribution in [0, 0.1) is 0 Å². The fraction of sp³-hybridized carbons (Fsp3) is 0.333. The van der Waals surface area contributed by atoms with Gasteiger partial charge in [-0.1, -0.05) is 24.3 Å². The van der Waals surface area contributed by atoms with Crippen LogP contribution in [-0.2, 0) is 0 Å². The number of carbonyl (C=O) groups is 1. The fourth-order valence-corrected chi connectivity index (χ4v) is 3.26. The maximum Gasteiger partial charge on any atom is 0.280 e. The van der Waals surface area contributed by atoms with Gasteiger partial charge < -0.3 is 5.32 Å². The molecule has 1 aliphatic carbocycles. The number of nitrogens with zero attached hydrogens (tertiary/aromatic N) is 1. The van der Waals surface area contributed by atoms with Crippen LogP contribution < -0.4 is 5.32 Å². The van der Waals surface area contributed by atoms with E-state index in [2.05, 4.69) is 16.9 Å². The predicted octanol–water partition coefficient (Wildman–Crippen LogP) is 3.52. The average molecular weight is 272 g/mol. The minimum absolute atomic E-state index is 0.0429. The highest BCUT2D eigenvalue weighted by Gasteiger charge is 2.20. The van der Waals surface area contributed by atoms with Crippen molar-refractivity contribution in [2.45, 2.75) is 31.7 Å². The maximum absolute atomic E-state index is 12.2. The molecule has 1 saturated carbocycles. The number of amides is 1. The number of hydrogen-bond acceptors (Lipinski definition) is 3. The van der Waals surface area contributed by atoms with Gasteiger partial charge in [-0.25, -0.2) is 4.98 Å². The summed E-state index contributed by atoms with van der Waals surface area (Å²) in [5.74, 6) is -0.0429. The Bertz CT molecular complexity index is 589. The minimum atomic E-state index is -0.0429. The lowest BCUT2D eigenvalue weighted by Crippen LogP contribution is -2.36. The monoisotopic (exact) mass is 272 g/mol. The van der Waals surface area contributed by atoms with Crippen LogP contribution in [-0.4, -0.2) is 16.9 Å². The van der Waals surface area contributed by atoms with Gasteiger partial charge >= 0.3 is 0 Å². The van der Waals surface area contributed by atoms with Crippen molar-refractivity contribution in [3.05, 3.63) is 41.4 Å². The number of benzene rings is 1. The van der Waals surface area contributed by atoms with Gasteiger partial charge in [-0.3, -0.25) is 4.79 Å². The van der Waals surface area contributed by atoms with E-state index in [1.165, 1.54) is 16.9 Å². The molecule has 1 aromatic heterocycles. The molecule has 19 heavy (non-hydrogen) atoms. The van der Waals surface area contributed by atoms with Crippen LogP contribution in [0.25, 0.3) is 10.2 Å². The molecule has 98 valence electrons. The first-order valence-electron chi connectivity index (χ1n) is 6.55. The van der Waals surface area contributed by atoms with Crippen LogP contribution in [0.5, 0.6) is 0 Å². The lowest BCUT2D eigenvalue weighted by atomic mass is 9.92. The summed E-state index contributed by atoms with van der Waals surface area (Å²) in [6.07, 6.45) is 4.03. The first kappa shape index (κ1) is 12.4. The number of nitrogens with one attached hydrogen (secondary N) is 1. The fourth-order valence-electron chi connectivity index (χ4n) is 2.39. The Morgan fingerprint density at radius 3 is 2.79 bits per heavy atom. The number of thiazole rings is 1. The lowest BCUT2D eigenvalue weighted by molar-refractivity contribution is 0.0930. The number of hydrogen-bond donors (Lipinski definition) is 1. The third kappa shape index (κ3) is 2.68. The number of aromatic nitrogens is 1. The molecule has 1 aromatic carbocycles. The average Bonchev–Trinajstić information content (AvgIpc) is 2.85. The van der Waals surface area contributed by atoms with E-state index in [1.807, 2.05) is 24.3 Å². The molecular formula is C15H16N2OS. The first-order valence-corrected chi connectivity index (χ1v) is 7.37. The molecule has 3 nitrogen and oxygen atoms in total. The van der Waals surface area contributed by atoms with Gasteiger partial charge in [0, 0.05) is 6.04 Å². The first-order chi connectivity index (χ1) is 9.22. The van der Waals surface area contributed by atoms with Crippen molar-refractivity contribution in [2.24, 2.45) is 0 Å². The summed E-state index contributed by atoms with van der Waals surface area (Å²) in [6, 6.07) is 8.11. The molecule has 0 atom stereocenters. The van der Waals surface area contributed by atoms with Gasteiger partial charge in [0.1, 0.15) is 0 Å². The van der Waals surface area contributed by atoms with Gasteiger partial charge in [0.2, 0.25) is 0 Å². The van der Waals surface area contributed by atoms with E-state index in [4.69, 9.17) is 0 Å². The molecule has 2 aromatic rings. The van der Waals surface area contributed by atoms with Crippen LogP contribution >= 0.6 is 11.3 Å². The zero-order valence-electron chi connectivity index (χ0n) is 10.7. The summed E-state index contributed by atoms with van der Waals surface area (Å²) in [7, 11) is 0. The molecule has 0 radical (unpaired) electrons. The van der Waals surface area contributed by atoms with Crippen molar-refractivity contribution >= 4 is 27.5 Å². The Morgan fingerprint density at radius 2 is 2.05 bits per heavy atom. The Kier molecular flexibility index (Phi) is 3.34. The Hall–Kier alpha value is -1.68. The number of rotatable bonds is 2. The summed E-state index contributed by atoms with van der Waals surface area (Å²) < 4.78 is 1.06. The van der Waals surface area contributed by atoms with E-state index in [1.54, 1.807) is 0 Å². The Labute approximate surface area is 116 Å². The van der Waals surface area contributed by atoms with Gasteiger partial charge in [0.15, 0.2) is 5.01 Å². The van der Waals surface area contributed by atoms with Crippen LogP contribution in [0.2, 0.25) is 0 Å². The molecule has 1 heterocycles. The summed E-state index contributed by atoms with van der Waals surface area (Å²) in [5.41, 5.74) is 2.19. The number of carbonyl (C=O) groups excluding carboxylic acids is 1. The van der Waals surface area contributed by atoms with E-state index < -0.39 is 0 Å². The standard InChI is InChI=1S/C15H16N2OS/c1-10-6-8-11(9-7-10)16-14(18)15-17-12-4-2-3-5-13(12)19-15/h2-5,11H,1,6-9H2,(H,16,18). The van der Waals surface area contributed by atoms with E-state index in [0.717, 1.165) is 35.9 Å². The highest BCUT2D eigenvalue weighted by Crippen LogP contribution is 2.24. The normalized spacial score (nSPS) is 16.7. The third-order valence-corrected chi connectivity index (χ3v) is 4.55. The van der Waals surface area contributed by atoms with E-state index in [-0.39, 0.29) is 11.9 Å². The highest BCUT2D eigenvalue weighted by molar-refractivity contribution is 7.20. The number of para-hydroxylation sites is 1. The van der Waals surface area contributed by atoms with Crippen molar-refractivity contribution in [3.63, 3.8) is 0 Å². The van der Waals surface area contributed by atoms with Gasteiger partial charge in [0.05, 0.1) is 10.2 Å². The smallest absolute Gasteiger partial charge is 0.280 e. The van der Waals surface area contributed by atoms with E-state index in [0.29, 0.717) is 5.01 Å². The second kappa shape index (κ2) is 5.13. The Morgan fingerprint density at radius 1 is 1.32 bits per heavy atom. The molecule has 0 saturated heterocycles. The molecule has 0 spiro atoms. The van der Waals surface area contributed by atoms with Gasteiger partial charge in [-0.2, -0.15) is 0 Å². The molecule has 1 amide bonds. The number of allylic oxidation sites excluding steroid dienone is 1. The third-order valence-electron chi connectivity index (χ3n) is 3.52. The second-order valence-electron chi connectivity index (χ2n) is 4.98. The van der Waals surface area contributed by atoms with Gasteiger partial charge in [-0.15, -0.1) is 11.3 Å². The van der Waals surface area contributed by atoms with Crippen LogP contribution in [0.4, 0.5) is 0 Å². The zero-order valence-corrected chi connectivity index (χ0v) is 11.5. The van der Waals surface area contributed by atoms with Crippen LogP contribution in [0.1, 0.15) is 35.5 Å². The zero-order chi connectivity index (χ0) is 13.2. The van der Waals surface area contributed by atoms with Crippen molar-refractivity contribution in [1.29, 1.82) is 0 Å². The van der Waals surface area contributed by atoms with Crippen molar-refractivity contribution < 1.29 is 4.79 Å². The number of fused-ring (bicyclic) bond motifs is 1. The molecule has 0 unspecified atom stereocenters.